The van der Waals surface area contributed by atoms with Crippen molar-refractivity contribution < 1.29 is 29.1 Å². The van der Waals surface area contributed by atoms with Crippen LogP contribution in [0.25, 0.3) is 0 Å². The Morgan fingerprint density at radius 2 is 1.44 bits per heavy atom. The Kier molecular flexibility index (Phi) is 12.9. The lowest BCUT2D eigenvalue weighted by atomic mass is 9.43. The first-order valence-electron chi connectivity index (χ1n) is 15.4. The number of nitrogens with two attached hydrogens (primary N) is 4. The van der Waals surface area contributed by atoms with Crippen LogP contribution in [0.2, 0.25) is 0 Å². The van der Waals surface area contributed by atoms with Crippen molar-refractivity contribution >= 4 is 35.7 Å². The Morgan fingerprint density at radius 3 is 2.02 bits per heavy atom. The molecule has 0 radical (unpaired) electrons. The Morgan fingerprint density at radius 1 is 0.844 bits per heavy atom. The molecule has 5 amide bonds. The lowest BCUT2D eigenvalue weighted by Crippen LogP contribution is -2.59. The summed E-state index contributed by atoms with van der Waals surface area (Å²) in [6.07, 6.45) is 4.32. The van der Waals surface area contributed by atoms with E-state index in [-0.39, 0.29) is 43.7 Å². The summed E-state index contributed by atoms with van der Waals surface area (Å²) in [6, 6.07) is 5.06. The molecule has 0 aromatic heterocycles. The lowest BCUT2D eigenvalue weighted by molar-refractivity contribution is -0.138. The highest BCUT2D eigenvalue weighted by Crippen LogP contribution is 2.66. The van der Waals surface area contributed by atoms with E-state index in [1.54, 1.807) is 24.3 Å². The zero-order valence-electron chi connectivity index (χ0n) is 25.5. The van der Waals surface area contributed by atoms with E-state index in [4.69, 9.17) is 28.0 Å². The molecule has 1 aromatic rings. The first-order valence-corrected chi connectivity index (χ1v) is 15.4. The molecule has 2 bridgehead atoms. The Balaban J connectivity index is 1.69. The molecule has 3 aliphatic carbocycles. The number of hydrogen-bond acceptors (Lipinski definition) is 7. The summed E-state index contributed by atoms with van der Waals surface area (Å²) >= 11 is 0. The van der Waals surface area contributed by atoms with Crippen molar-refractivity contribution in [3.63, 3.8) is 0 Å². The molecule has 4 rings (SSSR count). The fraction of sp³-hybridized carbons (Fsp3) is 0.600. The summed E-state index contributed by atoms with van der Waals surface area (Å²) in [6.45, 7) is 0.414. The highest BCUT2D eigenvalue weighted by atomic mass is 16.4. The van der Waals surface area contributed by atoms with E-state index in [1.165, 1.54) is 0 Å². The number of primary amides is 1. The molecule has 0 spiro atoms. The minimum absolute atomic E-state index is 0.0950. The molecule has 0 unspecified atom stereocenters. The zero-order chi connectivity index (χ0) is 33.0. The van der Waals surface area contributed by atoms with Crippen LogP contribution in [-0.2, 0) is 25.6 Å². The van der Waals surface area contributed by atoms with E-state index in [0.717, 1.165) is 30.7 Å². The molecule has 3 fully saturated rings. The molecule has 0 aliphatic heterocycles. The quantitative estimate of drug-likeness (QED) is 0.0494. The number of hydrogen-bond donors (Lipinski definition) is 9. The van der Waals surface area contributed by atoms with Gasteiger partial charge >= 0.3 is 6.09 Å². The fourth-order valence-electron chi connectivity index (χ4n) is 6.08. The van der Waals surface area contributed by atoms with Crippen LogP contribution in [-0.4, -0.2) is 78.0 Å². The maximum Gasteiger partial charge on any atom is 0.404 e. The minimum Gasteiger partial charge on any atom is -0.465 e. The molecule has 3 aliphatic rings. The third kappa shape index (κ3) is 11.2. The number of carbonyl (C=O) groups excluding carboxylic acids is 4. The second-order valence-electron chi connectivity index (χ2n) is 12.2. The van der Waals surface area contributed by atoms with Crippen molar-refractivity contribution in [2.45, 2.75) is 88.4 Å². The van der Waals surface area contributed by atoms with E-state index >= 15 is 0 Å². The summed E-state index contributed by atoms with van der Waals surface area (Å²) in [5, 5.41) is 19.1. The second-order valence-corrected chi connectivity index (χ2v) is 12.2. The largest absolute Gasteiger partial charge is 0.465 e. The standard InChI is InChI=1S/C30H47N9O6/c31-20(17-30-14-19(15-30)16-30)25(41)38-22(10-6-12-35-28(33)34)26(42)39-23(13-18-7-2-1-3-8-18)27(43)37-21(24(32)40)9-4-5-11-36-29(44)45/h1-3,7-8,19-23,36H,4-6,9-17,31H2,(H2,32,40)(H,37,43)(H,38,41)(H,39,42)(H,44,45)(H4,33,34,35)/t19?,20-,21-,22-,23-,30?/m0/s1. The number of guanidine groups is 1. The number of unbranched alkanes of at least 4 members (excludes halogenated alkanes) is 1. The third-order valence-electron chi connectivity index (χ3n) is 8.50. The molecule has 15 nitrogen and oxygen atoms in total. The van der Waals surface area contributed by atoms with Gasteiger partial charge in [0.25, 0.3) is 0 Å². The second kappa shape index (κ2) is 16.6. The summed E-state index contributed by atoms with van der Waals surface area (Å²) in [5.41, 5.74) is 23.5. The van der Waals surface area contributed by atoms with Crippen LogP contribution >= 0.6 is 0 Å². The summed E-state index contributed by atoms with van der Waals surface area (Å²) in [7, 11) is 0. The van der Waals surface area contributed by atoms with Crippen molar-refractivity contribution in [2.75, 3.05) is 13.1 Å². The first-order chi connectivity index (χ1) is 21.4. The Bertz CT molecular complexity index is 1210. The van der Waals surface area contributed by atoms with E-state index in [2.05, 4.69) is 26.3 Å². The van der Waals surface area contributed by atoms with Gasteiger partial charge in [-0.2, -0.15) is 0 Å². The molecule has 13 N–H and O–H groups in total. The maximum absolute atomic E-state index is 13.6. The van der Waals surface area contributed by atoms with E-state index in [0.29, 0.717) is 25.7 Å². The van der Waals surface area contributed by atoms with Gasteiger partial charge < -0.3 is 49.3 Å². The normalized spacial score (nSPS) is 20.5. The van der Waals surface area contributed by atoms with Gasteiger partial charge in [-0.1, -0.05) is 30.3 Å². The van der Waals surface area contributed by atoms with Crippen LogP contribution in [0, 0.1) is 11.3 Å². The van der Waals surface area contributed by atoms with Gasteiger partial charge in [0, 0.05) is 19.5 Å². The van der Waals surface area contributed by atoms with Gasteiger partial charge in [0.15, 0.2) is 5.96 Å². The van der Waals surface area contributed by atoms with Gasteiger partial charge in [0.2, 0.25) is 23.6 Å². The molecule has 248 valence electrons. The van der Waals surface area contributed by atoms with Crippen molar-refractivity contribution in [1.82, 2.24) is 21.3 Å². The number of carboxylic acid groups (broad SMARTS) is 1. The lowest BCUT2D eigenvalue weighted by Gasteiger charge is -2.62. The monoisotopic (exact) mass is 629 g/mol. The summed E-state index contributed by atoms with van der Waals surface area (Å²) in [4.78, 5) is 67.0. The van der Waals surface area contributed by atoms with Crippen LogP contribution in [0.3, 0.4) is 0 Å². The van der Waals surface area contributed by atoms with Gasteiger partial charge in [-0.3, -0.25) is 24.2 Å². The van der Waals surface area contributed by atoms with Crippen LogP contribution < -0.4 is 44.2 Å². The number of nitrogens with zero attached hydrogens (tertiary/aromatic N) is 1. The predicted molar refractivity (Wildman–Crippen MR) is 167 cm³/mol. The molecule has 0 saturated heterocycles. The Hall–Kier alpha value is -4.40. The average molecular weight is 630 g/mol. The number of carbonyl (C=O) groups is 5. The van der Waals surface area contributed by atoms with Gasteiger partial charge in [-0.25, -0.2) is 4.79 Å². The van der Waals surface area contributed by atoms with Crippen LogP contribution in [0.5, 0.6) is 0 Å². The number of rotatable bonds is 20. The van der Waals surface area contributed by atoms with E-state index in [9.17, 15) is 24.0 Å². The number of amides is 5. The van der Waals surface area contributed by atoms with Crippen molar-refractivity contribution in [2.24, 2.45) is 39.3 Å². The fourth-order valence-corrected chi connectivity index (χ4v) is 6.08. The van der Waals surface area contributed by atoms with Crippen molar-refractivity contribution in [3.8, 4) is 0 Å². The third-order valence-corrected chi connectivity index (χ3v) is 8.50. The highest BCUT2D eigenvalue weighted by molar-refractivity contribution is 5.94. The molecule has 15 heteroatoms. The van der Waals surface area contributed by atoms with Gasteiger partial charge in [-0.05, 0) is 74.7 Å². The zero-order valence-corrected chi connectivity index (χ0v) is 25.5. The summed E-state index contributed by atoms with van der Waals surface area (Å²) < 4.78 is 0. The van der Waals surface area contributed by atoms with Crippen molar-refractivity contribution in [3.05, 3.63) is 35.9 Å². The van der Waals surface area contributed by atoms with Gasteiger partial charge in [0.05, 0.1) is 6.04 Å². The van der Waals surface area contributed by atoms with Gasteiger partial charge in [-0.15, -0.1) is 0 Å². The minimum atomic E-state index is -1.16. The smallest absolute Gasteiger partial charge is 0.404 e. The first kappa shape index (κ1) is 35.1. The Labute approximate surface area is 262 Å². The highest BCUT2D eigenvalue weighted by Gasteiger charge is 2.57. The SMILES string of the molecule is NC(=O)[C@H](CCCCNC(=O)O)NC(=O)[C@H](Cc1ccccc1)NC(=O)[C@H](CCCN=C(N)N)NC(=O)[C@@H](N)CC12CC(C1)C2. The van der Waals surface area contributed by atoms with Gasteiger partial charge in [0.1, 0.15) is 18.1 Å². The van der Waals surface area contributed by atoms with E-state index < -0.39 is 53.9 Å². The van der Waals surface area contributed by atoms with E-state index in [1.807, 2.05) is 6.07 Å². The van der Waals surface area contributed by atoms with Crippen LogP contribution in [0.1, 0.15) is 63.4 Å². The topological polar surface area (TPSA) is 270 Å². The summed E-state index contributed by atoms with van der Waals surface area (Å²) in [5.74, 6) is -1.80. The number of nitrogens with one attached hydrogen (secondary N) is 4. The molecular weight excluding hydrogens is 582 g/mol. The molecule has 4 atom stereocenters. The van der Waals surface area contributed by atoms with Crippen molar-refractivity contribution in [1.29, 1.82) is 0 Å². The molecule has 1 aromatic carbocycles. The molecule has 0 heterocycles. The number of benzene rings is 1. The number of aliphatic imine (C=N–C) groups is 1. The molecule has 45 heavy (non-hydrogen) atoms. The van der Waals surface area contributed by atoms with Crippen LogP contribution in [0.15, 0.2) is 35.3 Å². The van der Waals surface area contributed by atoms with Crippen LogP contribution in [0.4, 0.5) is 4.79 Å². The predicted octanol–water partition coefficient (Wildman–Crippen LogP) is -0.822. The molecule has 3 saturated carbocycles. The molecular formula is C30H47N9O6. The maximum atomic E-state index is 13.6. The average Bonchev–Trinajstić information content (AvgIpc) is 2.94.